The van der Waals surface area contributed by atoms with Gasteiger partial charge in [-0.3, -0.25) is 4.68 Å². The highest BCUT2D eigenvalue weighted by atomic mass is 19.1. The number of anilines is 1. The van der Waals surface area contributed by atoms with Crippen LogP contribution in [0.1, 0.15) is 11.6 Å². The number of urea groups is 1. The molecule has 0 aliphatic carbocycles. The fraction of sp³-hybridized carbons (Fsp3) is 0.118. The molecule has 2 N–H and O–H groups in total. The zero-order valence-corrected chi connectivity index (χ0v) is 12.8. The molecule has 1 heterocycles. The number of nitrogens with one attached hydrogen (secondary N) is 2. The minimum atomic E-state index is -0.379. The highest BCUT2D eigenvalue weighted by Gasteiger charge is 2.15. The molecular formula is C17H16FN5O. The largest absolute Gasteiger partial charge is 0.329 e. The van der Waals surface area contributed by atoms with Crippen molar-refractivity contribution in [1.82, 2.24) is 20.1 Å². The Hall–Kier alpha value is -3.22. The highest BCUT2D eigenvalue weighted by Crippen LogP contribution is 2.15. The molecular weight excluding hydrogens is 309 g/mol. The topological polar surface area (TPSA) is 71.8 Å². The number of hydrogen-bond donors (Lipinski definition) is 2. The summed E-state index contributed by atoms with van der Waals surface area (Å²) >= 11 is 0. The third kappa shape index (κ3) is 4.16. The van der Waals surface area contributed by atoms with Crippen LogP contribution in [-0.2, 0) is 6.54 Å². The van der Waals surface area contributed by atoms with Gasteiger partial charge >= 0.3 is 6.03 Å². The van der Waals surface area contributed by atoms with Crippen molar-refractivity contribution in [2.75, 3.05) is 5.32 Å². The van der Waals surface area contributed by atoms with Crippen LogP contribution in [0.15, 0.2) is 67.3 Å². The lowest BCUT2D eigenvalue weighted by Crippen LogP contribution is -2.35. The first-order valence-corrected chi connectivity index (χ1v) is 7.41. The molecule has 0 aliphatic heterocycles. The van der Waals surface area contributed by atoms with Gasteiger partial charge in [0.1, 0.15) is 18.5 Å². The van der Waals surface area contributed by atoms with Gasteiger partial charge in [0.2, 0.25) is 0 Å². The van der Waals surface area contributed by atoms with Gasteiger partial charge in [-0.2, -0.15) is 5.10 Å². The lowest BCUT2D eigenvalue weighted by atomic mass is 10.1. The lowest BCUT2D eigenvalue weighted by Gasteiger charge is -2.19. The van der Waals surface area contributed by atoms with E-state index in [1.165, 1.54) is 30.6 Å². The van der Waals surface area contributed by atoms with Crippen LogP contribution in [0.2, 0.25) is 0 Å². The quantitative estimate of drug-likeness (QED) is 0.757. The van der Waals surface area contributed by atoms with Gasteiger partial charge in [0.15, 0.2) is 0 Å². The zero-order valence-electron chi connectivity index (χ0n) is 12.8. The summed E-state index contributed by atoms with van der Waals surface area (Å²) in [6.45, 7) is 0.445. The zero-order chi connectivity index (χ0) is 16.8. The number of rotatable bonds is 5. The number of nitrogens with zero attached hydrogens (tertiary/aromatic N) is 3. The van der Waals surface area contributed by atoms with Gasteiger partial charge in [-0.25, -0.2) is 14.2 Å². The summed E-state index contributed by atoms with van der Waals surface area (Å²) in [6.07, 6.45) is 3.04. The van der Waals surface area contributed by atoms with Crippen LogP contribution in [-0.4, -0.2) is 20.8 Å². The number of hydrogen-bond acceptors (Lipinski definition) is 3. The molecule has 3 aromatic rings. The maximum absolute atomic E-state index is 12.9. The molecule has 3 rings (SSSR count). The van der Waals surface area contributed by atoms with E-state index in [1.807, 2.05) is 30.3 Å². The monoisotopic (exact) mass is 325 g/mol. The molecule has 122 valence electrons. The summed E-state index contributed by atoms with van der Waals surface area (Å²) < 4.78 is 14.6. The van der Waals surface area contributed by atoms with Crippen molar-refractivity contribution in [2.24, 2.45) is 0 Å². The number of amides is 2. The first kappa shape index (κ1) is 15.7. The van der Waals surface area contributed by atoms with Crippen LogP contribution >= 0.6 is 0 Å². The van der Waals surface area contributed by atoms with E-state index in [0.29, 0.717) is 12.2 Å². The van der Waals surface area contributed by atoms with Crippen molar-refractivity contribution in [3.8, 4) is 0 Å². The second-order valence-corrected chi connectivity index (χ2v) is 5.19. The van der Waals surface area contributed by atoms with E-state index in [2.05, 4.69) is 20.7 Å². The van der Waals surface area contributed by atoms with Gasteiger partial charge in [-0.1, -0.05) is 30.3 Å². The van der Waals surface area contributed by atoms with Crippen molar-refractivity contribution < 1.29 is 9.18 Å². The average molecular weight is 325 g/mol. The summed E-state index contributed by atoms with van der Waals surface area (Å²) in [4.78, 5) is 16.2. The SMILES string of the molecule is O=C(Nc1ccc(F)cc1)N[C@@H](Cn1cncn1)c1ccccc1. The molecule has 6 nitrogen and oxygen atoms in total. The minimum absolute atomic E-state index is 0.284. The van der Waals surface area contributed by atoms with E-state index >= 15 is 0 Å². The summed E-state index contributed by atoms with van der Waals surface area (Å²) in [5.74, 6) is -0.352. The van der Waals surface area contributed by atoms with E-state index in [0.717, 1.165) is 5.56 Å². The molecule has 0 spiro atoms. The normalized spacial score (nSPS) is 11.7. The van der Waals surface area contributed by atoms with Gasteiger partial charge in [-0.15, -0.1) is 0 Å². The predicted octanol–water partition coefficient (Wildman–Crippen LogP) is 2.98. The third-order valence-electron chi connectivity index (χ3n) is 3.45. The van der Waals surface area contributed by atoms with Crippen LogP contribution in [0.5, 0.6) is 0 Å². The maximum Gasteiger partial charge on any atom is 0.319 e. The molecule has 0 saturated heterocycles. The first-order valence-electron chi connectivity index (χ1n) is 7.41. The molecule has 7 heteroatoms. The van der Waals surface area contributed by atoms with E-state index in [1.54, 1.807) is 11.0 Å². The van der Waals surface area contributed by atoms with Crippen LogP contribution in [0, 0.1) is 5.82 Å². The number of carbonyl (C=O) groups is 1. The molecule has 1 aromatic heterocycles. The number of halogens is 1. The predicted molar refractivity (Wildman–Crippen MR) is 87.8 cm³/mol. The summed E-state index contributed by atoms with van der Waals surface area (Å²) in [6, 6.07) is 14.5. The second-order valence-electron chi connectivity index (χ2n) is 5.19. The van der Waals surface area contributed by atoms with Gasteiger partial charge in [0, 0.05) is 5.69 Å². The van der Waals surface area contributed by atoms with Crippen molar-refractivity contribution in [3.63, 3.8) is 0 Å². The standard InChI is InChI=1S/C17H16FN5O/c18-14-6-8-15(9-7-14)21-17(24)22-16(10-23-12-19-11-20-23)13-4-2-1-3-5-13/h1-9,11-12,16H,10H2,(H2,21,22,24)/t16-/m0/s1. The molecule has 0 unspecified atom stereocenters. The molecule has 0 saturated carbocycles. The number of aromatic nitrogens is 3. The molecule has 0 radical (unpaired) electrons. The Morgan fingerprint density at radius 1 is 1.12 bits per heavy atom. The average Bonchev–Trinajstić information content (AvgIpc) is 3.10. The van der Waals surface area contributed by atoms with Crippen LogP contribution < -0.4 is 10.6 Å². The Labute approximate surface area is 138 Å². The van der Waals surface area contributed by atoms with Crippen LogP contribution in [0.3, 0.4) is 0 Å². The summed E-state index contributed by atoms with van der Waals surface area (Å²) in [5.41, 5.74) is 1.46. The first-order chi connectivity index (χ1) is 11.7. The molecule has 1 atom stereocenters. The molecule has 0 bridgehead atoms. The second kappa shape index (κ2) is 7.36. The fourth-order valence-corrected chi connectivity index (χ4v) is 2.29. The summed E-state index contributed by atoms with van der Waals surface area (Å²) in [5, 5.41) is 9.66. The van der Waals surface area contributed by atoms with Crippen LogP contribution in [0.4, 0.5) is 14.9 Å². The Kier molecular flexibility index (Phi) is 4.81. The summed E-state index contributed by atoms with van der Waals surface area (Å²) in [7, 11) is 0. The number of benzene rings is 2. The lowest BCUT2D eigenvalue weighted by molar-refractivity contribution is 0.246. The molecule has 24 heavy (non-hydrogen) atoms. The van der Waals surface area contributed by atoms with Gasteiger partial charge in [-0.05, 0) is 29.8 Å². The van der Waals surface area contributed by atoms with Gasteiger partial charge in [0.05, 0.1) is 12.6 Å². The van der Waals surface area contributed by atoms with Crippen molar-refractivity contribution in [2.45, 2.75) is 12.6 Å². The Bertz CT molecular complexity index is 775. The van der Waals surface area contributed by atoms with Crippen molar-refractivity contribution >= 4 is 11.7 Å². The Balaban J connectivity index is 1.71. The minimum Gasteiger partial charge on any atom is -0.329 e. The van der Waals surface area contributed by atoms with E-state index < -0.39 is 0 Å². The fourth-order valence-electron chi connectivity index (χ4n) is 2.29. The van der Waals surface area contributed by atoms with E-state index in [9.17, 15) is 9.18 Å². The van der Waals surface area contributed by atoms with E-state index in [-0.39, 0.29) is 17.9 Å². The van der Waals surface area contributed by atoms with Crippen LogP contribution in [0.25, 0.3) is 0 Å². The molecule has 0 fully saturated rings. The molecule has 0 aliphatic rings. The maximum atomic E-state index is 12.9. The Morgan fingerprint density at radius 2 is 1.88 bits per heavy atom. The van der Waals surface area contributed by atoms with Crippen molar-refractivity contribution in [3.05, 3.63) is 78.6 Å². The number of carbonyl (C=O) groups excluding carboxylic acids is 1. The smallest absolute Gasteiger partial charge is 0.319 e. The Morgan fingerprint density at radius 3 is 2.54 bits per heavy atom. The van der Waals surface area contributed by atoms with E-state index in [4.69, 9.17) is 0 Å². The van der Waals surface area contributed by atoms with Gasteiger partial charge < -0.3 is 10.6 Å². The van der Waals surface area contributed by atoms with Gasteiger partial charge in [0.25, 0.3) is 0 Å². The molecule has 2 amide bonds. The third-order valence-corrected chi connectivity index (χ3v) is 3.45. The highest BCUT2D eigenvalue weighted by molar-refractivity contribution is 5.89. The van der Waals surface area contributed by atoms with Crippen molar-refractivity contribution in [1.29, 1.82) is 0 Å². The molecule has 2 aromatic carbocycles.